The lowest BCUT2D eigenvalue weighted by Gasteiger charge is -2.13. The number of aromatic nitrogens is 2. The minimum absolute atomic E-state index is 0.113. The Balaban J connectivity index is 1.78. The molecule has 7 heteroatoms. The molecule has 2 aromatic carbocycles. The molecule has 0 aliphatic rings. The number of thiophene rings is 1. The van der Waals surface area contributed by atoms with Gasteiger partial charge in [0.05, 0.1) is 31.5 Å². The highest BCUT2D eigenvalue weighted by Crippen LogP contribution is 2.35. The molecule has 1 unspecified atom stereocenters. The van der Waals surface area contributed by atoms with Crippen LogP contribution in [0.25, 0.3) is 16.9 Å². The lowest BCUT2D eigenvalue weighted by atomic mass is 10.1. The lowest BCUT2D eigenvalue weighted by molar-refractivity contribution is 0.0941. The van der Waals surface area contributed by atoms with Gasteiger partial charge in [0.1, 0.15) is 17.2 Å². The third kappa shape index (κ3) is 4.32. The van der Waals surface area contributed by atoms with Crippen LogP contribution in [0.3, 0.4) is 0 Å². The zero-order chi connectivity index (χ0) is 21.8. The van der Waals surface area contributed by atoms with Gasteiger partial charge in [0, 0.05) is 22.7 Å². The third-order valence-corrected chi connectivity index (χ3v) is 6.02. The van der Waals surface area contributed by atoms with Crippen LogP contribution in [0.1, 0.15) is 28.2 Å². The molecule has 4 rings (SSSR count). The first-order valence-electron chi connectivity index (χ1n) is 9.82. The second kappa shape index (κ2) is 9.06. The molecule has 4 aromatic rings. The minimum atomic E-state index is -0.198. The maximum Gasteiger partial charge on any atom is 0.255 e. The van der Waals surface area contributed by atoms with Crippen molar-refractivity contribution in [2.24, 2.45) is 0 Å². The van der Waals surface area contributed by atoms with Crippen LogP contribution in [0.4, 0.5) is 0 Å². The highest BCUT2D eigenvalue weighted by Gasteiger charge is 2.23. The van der Waals surface area contributed by atoms with E-state index < -0.39 is 0 Å². The van der Waals surface area contributed by atoms with Gasteiger partial charge in [-0.25, -0.2) is 4.68 Å². The Morgan fingerprint density at radius 3 is 2.55 bits per heavy atom. The summed E-state index contributed by atoms with van der Waals surface area (Å²) in [5.41, 5.74) is 2.59. The first-order valence-corrected chi connectivity index (χ1v) is 10.7. The summed E-state index contributed by atoms with van der Waals surface area (Å²) in [7, 11) is 3.19. The summed E-state index contributed by atoms with van der Waals surface area (Å²) < 4.78 is 12.6. The van der Waals surface area contributed by atoms with Gasteiger partial charge < -0.3 is 14.8 Å². The molecule has 0 saturated heterocycles. The van der Waals surface area contributed by atoms with Gasteiger partial charge in [-0.1, -0.05) is 24.3 Å². The predicted octanol–water partition coefficient (Wildman–Crippen LogP) is 5.11. The SMILES string of the molecule is COc1ccc(-c2nn(-c3ccccc3)cc2C(=O)NC(C)c2cccs2)c(OC)c1. The van der Waals surface area contributed by atoms with Crippen molar-refractivity contribution in [2.45, 2.75) is 13.0 Å². The number of benzene rings is 2. The number of hydrogen-bond acceptors (Lipinski definition) is 5. The van der Waals surface area contributed by atoms with E-state index in [2.05, 4.69) is 5.32 Å². The van der Waals surface area contributed by atoms with Crippen molar-refractivity contribution >= 4 is 17.2 Å². The number of rotatable bonds is 7. The Labute approximate surface area is 185 Å². The first-order chi connectivity index (χ1) is 15.1. The molecular formula is C24H23N3O3S. The van der Waals surface area contributed by atoms with Crippen LogP contribution in [-0.4, -0.2) is 29.9 Å². The average Bonchev–Trinajstić information content (AvgIpc) is 3.50. The van der Waals surface area contributed by atoms with Gasteiger partial charge in [0.2, 0.25) is 0 Å². The Hall–Kier alpha value is -3.58. The standard InChI is InChI=1S/C24H23N3O3S/c1-16(22-10-7-13-31-22)25-24(28)20-15-27(17-8-5-4-6-9-17)26-23(20)19-12-11-18(29-2)14-21(19)30-3/h4-16H,1-3H3,(H,25,28). The van der Waals surface area contributed by atoms with E-state index in [0.29, 0.717) is 28.3 Å². The molecule has 2 heterocycles. The van der Waals surface area contributed by atoms with Crippen molar-refractivity contribution in [3.8, 4) is 28.4 Å². The second-order valence-corrected chi connectivity index (χ2v) is 7.93. The van der Waals surface area contributed by atoms with E-state index in [0.717, 1.165) is 10.6 Å². The van der Waals surface area contributed by atoms with Crippen molar-refractivity contribution in [1.82, 2.24) is 15.1 Å². The molecule has 6 nitrogen and oxygen atoms in total. The van der Waals surface area contributed by atoms with Crippen LogP contribution in [0.5, 0.6) is 11.5 Å². The molecule has 1 amide bonds. The van der Waals surface area contributed by atoms with Crippen molar-refractivity contribution in [3.05, 3.63) is 82.7 Å². The molecule has 0 spiro atoms. The molecule has 158 valence electrons. The number of hydrogen-bond donors (Lipinski definition) is 1. The van der Waals surface area contributed by atoms with Gasteiger partial charge in [-0.2, -0.15) is 5.10 Å². The number of nitrogens with zero attached hydrogens (tertiary/aromatic N) is 2. The topological polar surface area (TPSA) is 65.4 Å². The highest BCUT2D eigenvalue weighted by atomic mass is 32.1. The van der Waals surface area contributed by atoms with Crippen LogP contribution in [0, 0.1) is 0 Å². The van der Waals surface area contributed by atoms with E-state index in [4.69, 9.17) is 14.6 Å². The van der Waals surface area contributed by atoms with E-state index in [1.807, 2.05) is 66.9 Å². The van der Waals surface area contributed by atoms with E-state index in [9.17, 15) is 4.79 Å². The van der Waals surface area contributed by atoms with Gasteiger partial charge in [-0.3, -0.25) is 4.79 Å². The van der Waals surface area contributed by atoms with Crippen molar-refractivity contribution in [1.29, 1.82) is 0 Å². The maximum absolute atomic E-state index is 13.3. The van der Waals surface area contributed by atoms with Crippen molar-refractivity contribution in [3.63, 3.8) is 0 Å². The molecule has 0 radical (unpaired) electrons. The smallest absolute Gasteiger partial charge is 0.255 e. The lowest BCUT2D eigenvalue weighted by Crippen LogP contribution is -2.26. The number of nitrogens with one attached hydrogen (secondary N) is 1. The summed E-state index contributed by atoms with van der Waals surface area (Å²) in [5, 5.41) is 9.83. The van der Waals surface area contributed by atoms with E-state index in [-0.39, 0.29) is 11.9 Å². The Kier molecular flexibility index (Phi) is 6.04. The fourth-order valence-electron chi connectivity index (χ4n) is 3.33. The summed E-state index contributed by atoms with van der Waals surface area (Å²) in [5.74, 6) is 1.05. The van der Waals surface area contributed by atoms with Crippen LogP contribution in [-0.2, 0) is 0 Å². The van der Waals surface area contributed by atoms with E-state index in [1.54, 1.807) is 42.5 Å². The molecule has 1 N–H and O–H groups in total. The molecule has 0 aliphatic carbocycles. The first kappa shape index (κ1) is 20.7. The minimum Gasteiger partial charge on any atom is -0.497 e. The van der Waals surface area contributed by atoms with Crippen molar-refractivity contribution in [2.75, 3.05) is 14.2 Å². The molecule has 0 fully saturated rings. The molecule has 31 heavy (non-hydrogen) atoms. The quantitative estimate of drug-likeness (QED) is 0.440. The highest BCUT2D eigenvalue weighted by molar-refractivity contribution is 7.10. The van der Waals surface area contributed by atoms with Crippen LogP contribution in [0.15, 0.2) is 72.2 Å². The normalized spacial score (nSPS) is 11.7. The molecular weight excluding hydrogens is 410 g/mol. The van der Waals surface area contributed by atoms with Crippen LogP contribution in [0.2, 0.25) is 0 Å². The largest absolute Gasteiger partial charge is 0.497 e. The number of carbonyl (C=O) groups is 1. The maximum atomic E-state index is 13.3. The third-order valence-electron chi connectivity index (χ3n) is 4.96. The van der Waals surface area contributed by atoms with Gasteiger partial charge in [-0.05, 0) is 42.6 Å². The molecule has 2 aromatic heterocycles. The summed E-state index contributed by atoms with van der Waals surface area (Å²) in [4.78, 5) is 14.4. The summed E-state index contributed by atoms with van der Waals surface area (Å²) >= 11 is 1.61. The van der Waals surface area contributed by atoms with Crippen LogP contribution < -0.4 is 14.8 Å². The number of ether oxygens (including phenoxy) is 2. The fourth-order valence-corrected chi connectivity index (χ4v) is 4.06. The zero-order valence-corrected chi connectivity index (χ0v) is 18.3. The number of amides is 1. The van der Waals surface area contributed by atoms with E-state index >= 15 is 0 Å². The number of carbonyl (C=O) groups excluding carboxylic acids is 1. The van der Waals surface area contributed by atoms with Gasteiger partial charge in [-0.15, -0.1) is 11.3 Å². The van der Waals surface area contributed by atoms with Gasteiger partial charge in [0.25, 0.3) is 5.91 Å². The Bertz CT molecular complexity index is 1170. The Morgan fingerprint density at radius 1 is 1.06 bits per heavy atom. The van der Waals surface area contributed by atoms with E-state index in [1.165, 1.54) is 0 Å². The number of methoxy groups -OCH3 is 2. The molecule has 0 bridgehead atoms. The second-order valence-electron chi connectivity index (χ2n) is 6.95. The average molecular weight is 434 g/mol. The zero-order valence-electron chi connectivity index (χ0n) is 17.5. The van der Waals surface area contributed by atoms with Crippen LogP contribution >= 0.6 is 11.3 Å². The van der Waals surface area contributed by atoms with Gasteiger partial charge in [0.15, 0.2) is 0 Å². The molecule has 1 atom stereocenters. The Morgan fingerprint density at radius 2 is 1.87 bits per heavy atom. The number of para-hydroxylation sites is 1. The molecule has 0 saturated carbocycles. The summed E-state index contributed by atoms with van der Waals surface area (Å²) in [6.45, 7) is 1.97. The molecule has 0 aliphatic heterocycles. The fraction of sp³-hybridized carbons (Fsp3) is 0.167. The predicted molar refractivity (Wildman–Crippen MR) is 122 cm³/mol. The summed E-state index contributed by atoms with van der Waals surface area (Å²) in [6.07, 6.45) is 1.75. The van der Waals surface area contributed by atoms with Crippen molar-refractivity contribution < 1.29 is 14.3 Å². The van der Waals surface area contributed by atoms with Gasteiger partial charge >= 0.3 is 0 Å². The monoisotopic (exact) mass is 433 g/mol. The summed E-state index contributed by atoms with van der Waals surface area (Å²) in [6, 6.07) is 19.0.